The van der Waals surface area contributed by atoms with Crippen molar-refractivity contribution in [3.63, 3.8) is 0 Å². The first kappa shape index (κ1) is 22.7. The van der Waals surface area contributed by atoms with Gasteiger partial charge in [0.2, 0.25) is 5.91 Å². The highest BCUT2D eigenvalue weighted by Crippen LogP contribution is 2.55. The third-order valence-corrected chi connectivity index (χ3v) is 7.37. The highest BCUT2D eigenvalue weighted by Gasteiger charge is 2.61. The molecule has 1 saturated heterocycles. The van der Waals surface area contributed by atoms with Crippen molar-refractivity contribution in [3.05, 3.63) is 84.2 Å². The molecule has 0 aromatic heterocycles. The number of rotatable bonds is 7. The van der Waals surface area contributed by atoms with Crippen LogP contribution in [0.5, 0.6) is 0 Å². The number of hydrogen-bond donors (Lipinski definition) is 2. The number of nitrogens with zero attached hydrogens (tertiary/aromatic N) is 1. The largest absolute Gasteiger partial charge is 1.00 e. The Hall–Kier alpha value is -2.44. The zero-order valence-electron chi connectivity index (χ0n) is 18.2. The molecule has 2 heterocycles. The molecular weight excluding hydrogens is 466 g/mol. The summed E-state index contributed by atoms with van der Waals surface area (Å²) in [4.78, 5) is 17.6. The minimum atomic E-state index is -0.830. The van der Waals surface area contributed by atoms with E-state index in [-0.39, 0.29) is 40.5 Å². The van der Waals surface area contributed by atoms with Crippen LogP contribution in [0.25, 0.3) is 0 Å². The number of primary amides is 1. The quantitative estimate of drug-likeness (QED) is 0.540. The van der Waals surface area contributed by atoms with Crippen LogP contribution in [-0.4, -0.2) is 23.4 Å². The highest BCUT2D eigenvalue weighted by molar-refractivity contribution is 5.91. The third-order valence-electron chi connectivity index (χ3n) is 7.37. The van der Waals surface area contributed by atoms with Gasteiger partial charge in [-0.1, -0.05) is 65.7 Å². The van der Waals surface area contributed by atoms with Crippen LogP contribution >= 0.6 is 0 Å². The van der Waals surface area contributed by atoms with Gasteiger partial charge in [0.1, 0.15) is 17.2 Å². The van der Waals surface area contributed by atoms with Crippen molar-refractivity contribution < 1.29 is 26.5 Å². The number of amides is 1. The van der Waals surface area contributed by atoms with Crippen LogP contribution < -0.4 is 33.0 Å². The lowest BCUT2D eigenvalue weighted by atomic mass is 9.64. The normalized spacial score (nSPS) is 28.5. The number of aliphatic imine (C=N–C) groups is 1. The fourth-order valence-electron chi connectivity index (χ4n) is 5.93. The van der Waals surface area contributed by atoms with Gasteiger partial charge < -0.3 is 27.5 Å². The number of carbonyl (C=O) groups excluding carboxylic acids is 1. The number of hydrogen-bond acceptors (Lipinski definition) is 4. The summed E-state index contributed by atoms with van der Waals surface area (Å²) in [5.41, 5.74) is 7.16. The van der Waals surface area contributed by atoms with Crippen LogP contribution in [0.15, 0.2) is 73.1 Å². The number of nitrogens with one attached hydrogen (secondary N) is 1. The molecule has 3 aliphatic rings. The molecule has 5 nitrogen and oxygen atoms in total. The van der Waals surface area contributed by atoms with Crippen LogP contribution in [-0.2, 0) is 14.9 Å². The van der Waals surface area contributed by atoms with Gasteiger partial charge in [-0.3, -0.25) is 4.79 Å². The molecule has 0 bridgehead atoms. The van der Waals surface area contributed by atoms with Gasteiger partial charge in [0.05, 0.1) is 12.5 Å². The monoisotopic (exact) mass is 494 g/mol. The predicted octanol–water partition coefficient (Wildman–Crippen LogP) is 0.235. The van der Waals surface area contributed by atoms with Crippen molar-refractivity contribution in [1.82, 2.24) is 10.3 Å². The highest BCUT2D eigenvalue weighted by atomic mass is 79.9. The number of benzene rings is 2. The first-order valence-electron chi connectivity index (χ1n) is 11.1. The Labute approximate surface area is 199 Å². The Morgan fingerprint density at radius 2 is 1.75 bits per heavy atom. The van der Waals surface area contributed by atoms with Gasteiger partial charge >= 0.3 is 0 Å². The summed E-state index contributed by atoms with van der Waals surface area (Å²) >= 11 is 0. The van der Waals surface area contributed by atoms with E-state index in [1.165, 1.54) is 0 Å². The van der Waals surface area contributed by atoms with Gasteiger partial charge in [-0.15, -0.1) is 0 Å². The molecule has 2 aliphatic heterocycles. The Balaban J connectivity index is 0.00000245. The van der Waals surface area contributed by atoms with Gasteiger partial charge in [-0.05, 0) is 49.1 Å². The maximum absolute atomic E-state index is 13.2. The zero-order chi connectivity index (χ0) is 21.5. The second kappa shape index (κ2) is 8.83. The summed E-state index contributed by atoms with van der Waals surface area (Å²) in [6.45, 7) is 2.17. The van der Waals surface area contributed by atoms with Crippen molar-refractivity contribution in [2.24, 2.45) is 17.6 Å². The topological polar surface area (TPSA) is 81.8 Å². The molecule has 1 amide bonds. The molecule has 4 atom stereocenters. The minimum absolute atomic E-state index is 0. The molecule has 1 aliphatic carbocycles. The SMILES string of the molecule is CC1(CC2=[N+]C=CN2)OC1C1CCC(C(C(N)=O)(c2ccccc2)c2ccccc2)C1.[Br-]. The van der Waals surface area contributed by atoms with Gasteiger partial charge in [0, 0.05) is 0 Å². The summed E-state index contributed by atoms with van der Waals surface area (Å²) in [6.07, 6.45) is 7.52. The van der Waals surface area contributed by atoms with Gasteiger partial charge in [0.25, 0.3) is 5.84 Å². The Bertz CT molecular complexity index is 984. The van der Waals surface area contributed by atoms with Gasteiger partial charge in [-0.2, -0.15) is 0 Å². The summed E-state index contributed by atoms with van der Waals surface area (Å²) in [5.74, 6) is 1.23. The van der Waals surface area contributed by atoms with E-state index in [4.69, 9.17) is 10.5 Å². The molecule has 1 saturated carbocycles. The van der Waals surface area contributed by atoms with E-state index in [0.29, 0.717) is 5.92 Å². The Kier molecular flexibility index (Phi) is 6.28. The van der Waals surface area contributed by atoms with Gasteiger partial charge in [0.15, 0.2) is 6.20 Å². The van der Waals surface area contributed by atoms with Crippen LogP contribution in [0.3, 0.4) is 0 Å². The van der Waals surface area contributed by atoms with Crippen LogP contribution in [0.4, 0.5) is 0 Å². The lowest BCUT2D eigenvalue weighted by Gasteiger charge is -2.37. The molecule has 4 unspecified atom stereocenters. The molecule has 2 aromatic carbocycles. The van der Waals surface area contributed by atoms with E-state index >= 15 is 0 Å². The third kappa shape index (κ3) is 3.80. The number of ether oxygens (including phenoxy) is 1. The van der Waals surface area contributed by atoms with Crippen molar-refractivity contribution in [1.29, 1.82) is 0 Å². The van der Waals surface area contributed by atoms with Crippen molar-refractivity contribution in [2.75, 3.05) is 0 Å². The van der Waals surface area contributed by atoms with Crippen molar-refractivity contribution in [2.45, 2.75) is 49.7 Å². The molecule has 5 rings (SSSR count). The lowest BCUT2D eigenvalue weighted by molar-refractivity contribution is -0.123. The molecule has 2 aromatic rings. The maximum atomic E-state index is 13.2. The second-order valence-corrected chi connectivity index (χ2v) is 9.24. The van der Waals surface area contributed by atoms with E-state index in [2.05, 4.69) is 17.2 Å². The molecule has 3 N–H and O–H groups in total. The summed E-state index contributed by atoms with van der Waals surface area (Å²) < 4.78 is 6.22. The summed E-state index contributed by atoms with van der Waals surface area (Å²) in [7, 11) is 0. The van der Waals surface area contributed by atoms with E-state index in [9.17, 15) is 4.79 Å². The van der Waals surface area contributed by atoms with Crippen LogP contribution in [0.1, 0.15) is 43.7 Å². The minimum Gasteiger partial charge on any atom is -1.00 e. The molecular formula is C26H29BrN3O2. The van der Waals surface area contributed by atoms with E-state index < -0.39 is 5.41 Å². The second-order valence-electron chi connectivity index (χ2n) is 9.24. The first-order valence-corrected chi connectivity index (χ1v) is 11.1. The average molecular weight is 495 g/mol. The first-order chi connectivity index (χ1) is 15.0. The Morgan fingerprint density at radius 3 is 2.28 bits per heavy atom. The smallest absolute Gasteiger partial charge is 0.299 e. The molecule has 32 heavy (non-hydrogen) atoms. The number of nitrogens with two attached hydrogens (primary N) is 1. The molecule has 6 heteroatoms. The number of amidine groups is 1. The standard InChI is InChI=1S/C26H29N3O2.BrH/c1-25(17-22-28-14-15-29-22)23(31-25)18-12-13-21(16-18)26(24(27)30,19-8-4-2-5-9-19)20-10-6-3-7-11-20;/h2-11,14-15,18,21,23,28H,12-13,16-17H2,1H3,(H2,27,30);1H/q+1;/p-1. The van der Waals surface area contributed by atoms with E-state index in [1.54, 1.807) is 6.20 Å². The zero-order valence-corrected chi connectivity index (χ0v) is 19.8. The van der Waals surface area contributed by atoms with Crippen LogP contribution in [0, 0.1) is 11.8 Å². The summed E-state index contributed by atoms with van der Waals surface area (Å²) in [5, 5.41) is 3.18. The summed E-state index contributed by atoms with van der Waals surface area (Å²) in [6, 6.07) is 20.1. The van der Waals surface area contributed by atoms with E-state index in [0.717, 1.165) is 42.6 Å². The fourth-order valence-corrected chi connectivity index (χ4v) is 5.93. The van der Waals surface area contributed by atoms with E-state index in [1.807, 2.05) is 66.9 Å². The van der Waals surface area contributed by atoms with Crippen LogP contribution in [0.2, 0.25) is 0 Å². The maximum Gasteiger partial charge on any atom is 0.299 e. The number of carbonyl (C=O) groups is 1. The number of epoxide rings is 1. The lowest BCUT2D eigenvalue weighted by Crippen LogP contribution is -3.00. The molecule has 2 fully saturated rings. The molecule has 0 spiro atoms. The predicted molar refractivity (Wildman–Crippen MR) is 121 cm³/mol. The Morgan fingerprint density at radius 1 is 1.12 bits per heavy atom. The number of halogens is 1. The fraction of sp³-hybridized carbons (Fsp3) is 0.385. The van der Waals surface area contributed by atoms with Crippen molar-refractivity contribution >= 4 is 11.7 Å². The van der Waals surface area contributed by atoms with Gasteiger partial charge in [-0.25, -0.2) is 5.32 Å². The van der Waals surface area contributed by atoms with Crippen molar-refractivity contribution in [3.8, 4) is 0 Å². The molecule has 1 radical (unpaired) electrons. The average Bonchev–Trinajstić information content (AvgIpc) is 3.16. The molecule has 167 valence electrons.